The molecular weight excluding hydrogens is 366 g/mol. The first-order chi connectivity index (χ1) is 14.1. The van der Waals surface area contributed by atoms with E-state index in [2.05, 4.69) is 30.1 Å². The van der Waals surface area contributed by atoms with Crippen LogP contribution in [0.25, 0.3) is 0 Å². The summed E-state index contributed by atoms with van der Waals surface area (Å²) in [5.41, 5.74) is 3.29. The largest absolute Gasteiger partial charge is 0.468 e. The van der Waals surface area contributed by atoms with Gasteiger partial charge in [-0.2, -0.15) is 0 Å². The molecule has 3 aliphatic carbocycles. The van der Waals surface area contributed by atoms with Gasteiger partial charge in [0.1, 0.15) is 5.75 Å². The molecule has 2 saturated heterocycles. The third-order valence-electron chi connectivity index (χ3n) is 8.63. The first-order valence-corrected chi connectivity index (χ1v) is 11.2. The van der Waals surface area contributed by atoms with Crippen LogP contribution in [0.1, 0.15) is 56.6 Å². The third-order valence-corrected chi connectivity index (χ3v) is 8.63. The number of nitrogens with zero attached hydrogens (tertiary/aromatic N) is 1. The average Bonchev–Trinajstić information content (AvgIpc) is 2.74. The minimum Gasteiger partial charge on any atom is -0.468 e. The van der Waals surface area contributed by atoms with Crippen molar-refractivity contribution < 1.29 is 19.0 Å². The molecule has 0 N–H and O–H groups in total. The summed E-state index contributed by atoms with van der Waals surface area (Å²) in [7, 11) is 3.91. The van der Waals surface area contributed by atoms with Gasteiger partial charge < -0.3 is 14.2 Å². The van der Waals surface area contributed by atoms with Crippen LogP contribution in [0.4, 0.5) is 0 Å². The number of fused-ring (bicyclic) bond motifs is 2. The Kier molecular flexibility index (Phi) is 4.67. The van der Waals surface area contributed by atoms with Crippen LogP contribution in [0.5, 0.6) is 5.75 Å². The summed E-state index contributed by atoms with van der Waals surface area (Å²) in [6.07, 6.45) is 8.10. The van der Waals surface area contributed by atoms with Gasteiger partial charge in [0, 0.05) is 24.6 Å². The molecule has 2 aliphatic heterocycles. The Bertz CT molecular complexity index is 810. The number of carbonyl (C=O) groups excluding carboxylic acids is 1. The number of rotatable bonds is 5. The first-order valence-electron chi connectivity index (χ1n) is 11.2. The Morgan fingerprint density at radius 3 is 2.86 bits per heavy atom. The zero-order valence-corrected chi connectivity index (χ0v) is 17.9. The predicted molar refractivity (Wildman–Crippen MR) is 110 cm³/mol. The van der Waals surface area contributed by atoms with Crippen LogP contribution in [-0.4, -0.2) is 50.5 Å². The predicted octanol–water partition coefficient (Wildman–Crippen LogP) is 3.68. The number of ether oxygens (including phenoxy) is 3. The van der Waals surface area contributed by atoms with Gasteiger partial charge in [0.2, 0.25) is 0 Å². The first kappa shape index (κ1) is 19.4. The highest BCUT2D eigenvalue weighted by atomic mass is 16.7. The number of hydrogen-bond acceptors (Lipinski definition) is 5. The Balaban J connectivity index is 1.61. The van der Waals surface area contributed by atoms with Crippen LogP contribution in [0.15, 0.2) is 18.2 Å². The highest BCUT2D eigenvalue weighted by Crippen LogP contribution is 2.70. The second-order valence-corrected chi connectivity index (χ2v) is 9.53. The van der Waals surface area contributed by atoms with Gasteiger partial charge in [-0.3, -0.25) is 9.69 Å². The maximum Gasteiger partial charge on any atom is 0.310 e. The lowest BCUT2D eigenvalue weighted by molar-refractivity contribution is -0.197. The maximum atomic E-state index is 12.9. The molecule has 1 aromatic rings. The van der Waals surface area contributed by atoms with Crippen molar-refractivity contribution in [2.45, 2.75) is 69.4 Å². The highest BCUT2D eigenvalue weighted by molar-refractivity contribution is 5.74. The Morgan fingerprint density at radius 1 is 1.24 bits per heavy atom. The SMILES string of the molecule is CCOC(=O)C1C[C@@]23CCCC[C@]24CC1N(C)C3Cc1ccc(OCOC)cc14. The molecular formula is C24H33NO4. The molecule has 4 fully saturated rings. The molecule has 1 spiro atoms. The van der Waals surface area contributed by atoms with E-state index < -0.39 is 0 Å². The molecule has 3 unspecified atom stereocenters. The third kappa shape index (κ3) is 2.56. The maximum absolute atomic E-state index is 12.9. The van der Waals surface area contributed by atoms with Crippen molar-refractivity contribution in [2.24, 2.45) is 11.3 Å². The van der Waals surface area contributed by atoms with E-state index in [0.717, 1.165) is 25.0 Å². The Hall–Kier alpha value is -1.59. The number of benzene rings is 1. The molecule has 29 heavy (non-hydrogen) atoms. The lowest BCUT2D eigenvalue weighted by atomic mass is 9.37. The molecule has 0 radical (unpaired) electrons. The van der Waals surface area contributed by atoms with Crippen LogP contribution in [0.2, 0.25) is 0 Å². The summed E-state index contributed by atoms with van der Waals surface area (Å²) >= 11 is 0. The van der Waals surface area contributed by atoms with E-state index in [4.69, 9.17) is 14.2 Å². The Labute approximate surface area is 173 Å². The minimum atomic E-state index is 0.0110. The van der Waals surface area contributed by atoms with Crippen molar-refractivity contribution in [3.8, 4) is 5.75 Å². The normalized spacial score (nSPS) is 37.6. The van der Waals surface area contributed by atoms with Gasteiger partial charge in [0.15, 0.2) is 6.79 Å². The average molecular weight is 400 g/mol. The van der Waals surface area contributed by atoms with E-state index in [1.54, 1.807) is 7.11 Å². The van der Waals surface area contributed by atoms with Gasteiger partial charge in [0.05, 0.1) is 12.5 Å². The fourth-order valence-corrected chi connectivity index (χ4v) is 7.60. The number of hydrogen-bond donors (Lipinski definition) is 0. The summed E-state index contributed by atoms with van der Waals surface area (Å²) in [6.45, 7) is 2.65. The van der Waals surface area contributed by atoms with Gasteiger partial charge in [0.25, 0.3) is 0 Å². The van der Waals surface area contributed by atoms with E-state index in [1.807, 2.05) is 6.92 Å². The van der Waals surface area contributed by atoms with Gasteiger partial charge in [-0.15, -0.1) is 0 Å². The fraction of sp³-hybridized carbons (Fsp3) is 0.708. The number of methoxy groups -OCH3 is 1. The molecule has 6 rings (SSSR count). The van der Waals surface area contributed by atoms with Crippen molar-refractivity contribution in [2.75, 3.05) is 27.6 Å². The van der Waals surface area contributed by atoms with Crippen molar-refractivity contribution in [3.05, 3.63) is 29.3 Å². The van der Waals surface area contributed by atoms with Crippen molar-refractivity contribution in [1.82, 2.24) is 4.90 Å². The van der Waals surface area contributed by atoms with E-state index in [1.165, 1.54) is 36.8 Å². The van der Waals surface area contributed by atoms with Crippen LogP contribution in [0.3, 0.4) is 0 Å². The smallest absolute Gasteiger partial charge is 0.310 e. The van der Waals surface area contributed by atoms with Gasteiger partial charge in [-0.25, -0.2) is 0 Å². The van der Waals surface area contributed by atoms with E-state index >= 15 is 0 Å². The number of likely N-dealkylation sites (N-methyl/N-ethyl adjacent to an activating group) is 1. The van der Waals surface area contributed by atoms with Crippen LogP contribution in [0, 0.1) is 11.3 Å². The Morgan fingerprint density at radius 2 is 2.07 bits per heavy atom. The summed E-state index contributed by atoms with van der Waals surface area (Å²) < 4.78 is 16.5. The molecule has 158 valence electrons. The summed E-state index contributed by atoms with van der Waals surface area (Å²) in [5.74, 6) is 0.923. The summed E-state index contributed by atoms with van der Waals surface area (Å²) in [6, 6.07) is 7.44. The molecule has 5 atom stereocenters. The zero-order valence-electron chi connectivity index (χ0n) is 17.9. The number of piperidine rings is 2. The van der Waals surface area contributed by atoms with Crippen molar-refractivity contribution in [1.29, 1.82) is 0 Å². The fourth-order valence-electron chi connectivity index (χ4n) is 7.60. The number of carbonyl (C=O) groups is 1. The van der Waals surface area contributed by atoms with Crippen molar-refractivity contribution >= 4 is 5.97 Å². The number of esters is 1. The van der Waals surface area contributed by atoms with E-state index in [9.17, 15) is 4.79 Å². The highest BCUT2D eigenvalue weighted by Gasteiger charge is 2.70. The van der Waals surface area contributed by atoms with Gasteiger partial charge in [-0.05, 0) is 74.8 Å². The van der Waals surface area contributed by atoms with Crippen LogP contribution < -0.4 is 4.74 Å². The second-order valence-electron chi connectivity index (χ2n) is 9.53. The van der Waals surface area contributed by atoms with E-state index in [-0.39, 0.29) is 35.6 Å². The van der Waals surface area contributed by atoms with Crippen LogP contribution in [-0.2, 0) is 26.1 Å². The monoisotopic (exact) mass is 399 g/mol. The molecule has 5 nitrogen and oxygen atoms in total. The molecule has 5 heteroatoms. The molecule has 4 bridgehead atoms. The molecule has 1 aromatic carbocycles. The molecule has 2 saturated carbocycles. The van der Waals surface area contributed by atoms with Crippen LogP contribution >= 0.6 is 0 Å². The van der Waals surface area contributed by atoms with Gasteiger partial charge in [-0.1, -0.05) is 18.9 Å². The second kappa shape index (κ2) is 6.98. The molecule has 0 amide bonds. The molecule has 2 heterocycles. The summed E-state index contributed by atoms with van der Waals surface area (Å²) in [4.78, 5) is 15.4. The van der Waals surface area contributed by atoms with E-state index in [0.29, 0.717) is 12.6 Å². The standard InChI is InChI=1S/C24H33NO4/c1-4-28-22(26)18-13-24-10-6-5-9-23(24)14-20(18)25(2)21(24)11-16-7-8-17(12-19(16)23)29-15-27-3/h7-8,12,18,20-21H,4-6,9-11,13-15H2,1-3H3/t18?,20?,21?,23-,24-/m1/s1. The minimum absolute atomic E-state index is 0.0110. The topological polar surface area (TPSA) is 48.0 Å². The lowest BCUT2D eigenvalue weighted by Crippen LogP contribution is -2.75. The molecule has 5 aliphatic rings. The summed E-state index contributed by atoms with van der Waals surface area (Å²) in [5, 5.41) is 0. The van der Waals surface area contributed by atoms with Gasteiger partial charge >= 0.3 is 5.97 Å². The lowest BCUT2D eigenvalue weighted by Gasteiger charge is -2.72. The zero-order chi connectivity index (χ0) is 20.2. The van der Waals surface area contributed by atoms with Crippen molar-refractivity contribution in [3.63, 3.8) is 0 Å². The molecule has 0 aromatic heterocycles. The quantitative estimate of drug-likeness (QED) is 0.558.